The Bertz CT molecular complexity index is 2350. The summed E-state index contributed by atoms with van der Waals surface area (Å²) in [4.78, 5) is 36.8. The van der Waals surface area contributed by atoms with E-state index in [2.05, 4.69) is 15.3 Å². The SMILES string of the molecule is Cc1cc(-n2cnc(C34C=CC(=N3)C=c3ccc([nH]3)=CC3=NC(=CC5(CCCS(=O)(=O)C6CC6)NC(=C4)C(C)(C)C5=O)C=C3)c2)c(F)cn1. The van der Waals surface area contributed by atoms with Crippen LogP contribution in [-0.2, 0) is 20.2 Å². The molecule has 4 aliphatic heterocycles. The number of carbonyl (C=O) groups excluding carboxylic acids is 1. The molecule has 0 aromatic carbocycles. The largest absolute Gasteiger partial charge is 0.372 e. The maximum Gasteiger partial charge on any atom is 0.173 e. The lowest BCUT2D eigenvalue weighted by molar-refractivity contribution is -0.127. The smallest absolute Gasteiger partial charge is 0.173 e. The number of Topliss-reactive ketones (excluding diaryl/α,β-unsaturated/α-hetero) is 1. The number of fused-ring (bicyclic) bond motifs is 6. The molecule has 250 valence electrons. The van der Waals surface area contributed by atoms with Gasteiger partial charge in [0, 0.05) is 28.3 Å². The number of hydrogen-bond acceptors (Lipinski definition) is 8. The van der Waals surface area contributed by atoms with Gasteiger partial charge < -0.3 is 14.9 Å². The van der Waals surface area contributed by atoms with E-state index in [0.717, 1.165) is 16.4 Å². The number of H-pyrrole nitrogens is 1. The van der Waals surface area contributed by atoms with Gasteiger partial charge in [-0.15, -0.1) is 0 Å². The number of ketones is 1. The number of sulfone groups is 1. The number of aromatic nitrogens is 4. The summed E-state index contributed by atoms with van der Waals surface area (Å²) >= 11 is 0. The number of rotatable bonds is 7. The molecular weight excluding hydrogens is 642 g/mol. The van der Waals surface area contributed by atoms with E-state index in [-0.39, 0.29) is 23.2 Å². The number of aromatic amines is 1. The van der Waals surface area contributed by atoms with Crippen molar-refractivity contribution in [1.29, 1.82) is 0 Å². The number of imidazole rings is 1. The average Bonchev–Trinajstić information content (AvgIpc) is 3.37. The lowest BCUT2D eigenvalue weighted by atomic mass is 9.77. The van der Waals surface area contributed by atoms with E-state index in [1.807, 2.05) is 74.6 Å². The van der Waals surface area contributed by atoms with Crippen LogP contribution in [0.5, 0.6) is 0 Å². The van der Waals surface area contributed by atoms with Crippen molar-refractivity contribution in [2.24, 2.45) is 15.4 Å². The van der Waals surface area contributed by atoms with E-state index in [1.165, 1.54) is 6.20 Å². The molecule has 10 nitrogen and oxygen atoms in total. The summed E-state index contributed by atoms with van der Waals surface area (Å²) in [6, 6.07) is 5.58. The summed E-state index contributed by atoms with van der Waals surface area (Å²) in [6.45, 7) is 5.53. The van der Waals surface area contributed by atoms with Crippen molar-refractivity contribution in [3.8, 4) is 5.69 Å². The van der Waals surface area contributed by atoms with Gasteiger partial charge in [-0.25, -0.2) is 22.8 Å². The molecule has 3 aromatic heterocycles. The number of pyridine rings is 1. The predicted molar refractivity (Wildman–Crippen MR) is 187 cm³/mol. The fourth-order valence-electron chi connectivity index (χ4n) is 7.06. The van der Waals surface area contributed by atoms with Gasteiger partial charge in [0.2, 0.25) is 0 Å². The van der Waals surface area contributed by atoms with Crippen LogP contribution in [0.1, 0.15) is 50.9 Å². The van der Waals surface area contributed by atoms with Crippen LogP contribution in [0.4, 0.5) is 4.39 Å². The number of halogens is 1. The Morgan fingerprint density at radius 1 is 1.04 bits per heavy atom. The van der Waals surface area contributed by atoms with Crippen molar-refractivity contribution in [3.63, 3.8) is 0 Å². The summed E-state index contributed by atoms with van der Waals surface area (Å²) in [5, 5.41) is 5.01. The third-order valence-corrected chi connectivity index (χ3v) is 12.2. The fourth-order valence-corrected chi connectivity index (χ4v) is 8.79. The van der Waals surface area contributed by atoms with E-state index < -0.39 is 32.1 Å². The third-order valence-electron chi connectivity index (χ3n) is 9.88. The summed E-state index contributed by atoms with van der Waals surface area (Å²) in [5.74, 6) is -0.558. The highest BCUT2D eigenvalue weighted by molar-refractivity contribution is 7.92. The second kappa shape index (κ2) is 11.0. The lowest BCUT2D eigenvalue weighted by Gasteiger charge is -2.26. The van der Waals surface area contributed by atoms with Crippen LogP contribution in [-0.4, -0.2) is 61.7 Å². The van der Waals surface area contributed by atoms with E-state index >= 15 is 0 Å². The summed E-state index contributed by atoms with van der Waals surface area (Å²) in [7, 11) is -3.22. The van der Waals surface area contributed by atoms with Gasteiger partial charge in [-0.1, -0.05) is 0 Å². The highest BCUT2D eigenvalue weighted by atomic mass is 32.2. The average molecular weight is 678 g/mol. The zero-order chi connectivity index (χ0) is 34.2. The number of hydrogen-bond donors (Lipinski definition) is 2. The zero-order valence-corrected chi connectivity index (χ0v) is 28.3. The molecule has 3 aromatic rings. The van der Waals surface area contributed by atoms with Gasteiger partial charge in [0.15, 0.2) is 21.4 Å². The summed E-state index contributed by atoms with van der Waals surface area (Å²) in [5.41, 5.74) is 0.772. The normalized spacial score (nSPS) is 25.3. The summed E-state index contributed by atoms with van der Waals surface area (Å²) in [6.07, 6.45) is 21.7. The maximum absolute atomic E-state index is 14.9. The molecule has 0 spiro atoms. The molecule has 2 unspecified atom stereocenters. The first-order valence-corrected chi connectivity index (χ1v) is 18.2. The van der Waals surface area contributed by atoms with Crippen molar-refractivity contribution in [3.05, 3.63) is 113 Å². The van der Waals surface area contributed by atoms with Crippen LogP contribution in [0, 0.1) is 18.2 Å². The molecule has 8 bridgehead atoms. The highest BCUT2D eigenvalue weighted by Crippen LogP contribution is 2.46. The maximum atomic E-state index is 14.9. The first-order chi connectivity index (χ1) is 23.3. The van der Waals surface area contributed by atoms with E-state index in [1.54, 1.807) is 30.1 Å². The van der Waals surface area contributed by atoms with Crippen LogP contribution < -0.4 is 16.0 Å². The number of nitrogens with zero attached hydrogens (tertiary/aromatic N) is 5. The molecule has 2 atom stereocenters. The van der Waals surface area contributed by atoms with Gasteiger partial charge in [-0.05, 0) is 113 Å². The molecule has 0 amide bonds. The van der Waals surface area contributed by atoms with Gasteiger partial charge >= 0.3 is 0 Å². The Morgan fingerprint density at radius 3 is 2.59 bits per heavy atom. The van der Waals surface area contributed by atoms with Crippen molar-refractivity contribution >= 4 is 39.2 Å². The summed E-state index contributed by atoms with van der Waals surface area (Å²) < 4.78 is 42.2. The molecule has 2 N–H and O–H groups in total. The Morgan fingerprint density at radius 2 is 1.82 bits per heavy atom. The second-order valence-electron chi connectivity index (χ2n) is 14.0. The van der Waals surface area contributed by atoms with E-state index in [4.69, 9.17) is 15.0 Å². The number of nitrogens with one attached hydrogen (secondary N) is 2. The van der Waals surface area contributed by atoms with Crippen LogP contribution in [0.25, 0.3) is 17.8 Å². The Balaban J connectivity index is 1.29. The van der Waals surface area contributed by atoms with Crippen molar-refractivity contribution in [2.45, 2.75) is 62.8 Å². The van der Waals surface area contributed by atoms with E-state index in [9.17, 15) is 17.6 Å². The lowest BCUT2D eigenvalue weighted by Crippen LogP contribution is -2.45. The molecule has 12 heteroatoms. The third kappa shape index (κ3) is 5.57. The molecular formula is C37H36FN7O3S. The number of aliphatic imine (C=N–C) groups is 2. The van der Waals surface area contributed by atoms with Crippen molar-refractivity contribution < 1.29 is 17.6 Å². The monoisotopic (exact) mass is 677 g/mol. The van der Waals surface area contributed by atoms with Crippen molar-refractivity contribution in [2.75, 3.05) is 5.75 Å². The van der Waals surface area contributed by atoms with Gasteiger partial charge in [0.05, 0.1) is 57.4 Å². The van der Waals surface area contributed by atoms with Gasteiger partial charge in [-0.2, -0.15) is 0 Å². The van der Waals surface area contributed by atoms with Crippen molar-refractivity contribution in [1.82, 2.24) is 24.8 Å². The molecule has 7 heterocycles. The molecule has 1 saturated carbocycles. The van der Waals surface area contributed by atoms with E-state index in [0.29, 0.717) is 53.4 Å². The number of carbonyl (C=O) groups is 1. The first-order valence-electron chi connectivity index (χ1n) is 16.5. The fraction of sp³-hybridized carbons (Fsp3) is 0.324. The van der Waals surface area contributed by atoms with Crippen LogP contribution >= 0.6 is 0 Å². The zero-order valence-electron chi connectivity index (χ0n) is 27.4. The minimum atomic E-state index is -3.22. The van der Waals surface area contributed by atoms with Gasteiger partial charge in [-0.3, -0.25) is 14.8 Å². The quantitative estimate of drug-likeness (QED) is 0.393. The van der Waals surface area contributed by atoms with Gasteiger partial charge in [0.1, 0.15) is 11.1 Å². The molecule has 2 fully saturated rings. The topological polar surface area (TPSA) is 134 Å². The molecule has 1 saturated heterocycles. The number of aryl methyl sites for hydroxylation is 1. The Kier molecular flexibility index (Phi) is 7.04. The Labute approximate surface area is 283 Å². The predicted octanol–water partition coefficient (Wildman–Crippen LogP) is 3.60. The van der Waals surface area contributed by atoms with Crippen LogP contribution in [0.2, 0.25) is 0 Å². The molecule has 8 rings (SSSR count). The molecule has 1 aliphatic carbocycles. The molecule has 5 aliphatic rings. The number of allylic oxidation sites excluding steroid dienone is 4. The minimum absolute atomic E-state index is 0.0168. The first kappa shape index (κ1) is 31.3. The van der Waals surface area contributed by atoms with Gasteiger partial charge in [0.25, 0.3) is 0 Å². The van der Waals surface area contributed by atoms with Crippen LogP contribution in [0.15, 0.2) is 94.8 Å². The Hall–Kier alpha value is -4.97. The minimum Gasteiger partial charge on any atom is -0.372 e. The second-order valence-corrected chi connectivity index (χ2v) is 16.4. The van der Waals surface area contributed by atoms with Crippen LogP contribution in [0.3, 0.4) is 0 Å². The molecule has 49 heavy (non-hydrogen) atoms. The molecule has 0 radical (unpaired) electrons. The standard InChI is InChI=1S/C37H36FN7O3S/c1-23-15-31(30(38)20-39-23)45-21-33(40-22-45)36-13-11-27(43-36)17-26-6-5-24(41-26)16-25-7-8-28(42-25)18-37(12-4-14-49(47,48)29-9-10-29)34(46)35(2,3)32(19-36)44-37/h5-8,11,13,15-22,29,41,44H,4,9-10,12,14H2,1-3H3. The highest BCUT2D eigenvalue weighted by Gasteiger charge is 2.55.